The van der Waals surface area contributed by atoms with Gasteiger partial charge in [-0.2, -0.15) is 0 Å². The number of fused-ring (bicyclic) bond motifs is 8. The molecular formula is C57H44N4O. The Labute approximate surface area is 362 Å². The number of allylic oxidation sites excluding steroid dienone is 3. The first kappa shape index (κ1) is 36.6. The summed E-state index contributed by atoms with van der Waals surface area (Å²) in [6, 6.07) is 72.2. The zero-order valence-corrected chi connectivity index (χ0v) is 34.1. The largest absolute Gasteiger partial charge is 0.457 e. The molecule has 1 fully saturated rings. The summed E-state index contributed by atoms with van der Waals surface area (Å²) in [5.74, 6) is 1.80. The second kappa shape index (κ2) is 15.0. The van der Waals surface area contributed by atoms with Gasteiger partial charge < -0.3 is 10.1 Å². The molecule has 298 valence electrons. The zero-order valence-electron chi connectivity index (χ0n) is 34.1. The molecule has 5 nitrogen and oxygen atoms in total. The maximum absolute atomic E-state index is 6.57. The van der Waals surface area contributed by atoms with Gasteiger partial charge in [0.25, 0.3) is 0 Å². The maximum atomic E-state index is 6.57. The molecule has 5 heteroatoms. The Morgan fingerprint density at radius 1 is 0.403 bits per heavy atom. The Kier molecular flexibility index (Phi) is 8.85. The first-order valence-corrected chi connectivity index (χ1v) is 21.6. The summed E-state index contributed by atoms with van der Waals surface area (Å²) in [4.78, 5) is 0. The van der Waals surface area contributed by atoms with Crippen LogP contribution in [0.4, 0.5) is 0 Å². The van der Waals surface area contributed by atoms with Crippen LogP contribution in [0.25, 0.3) is 39.0 Å². The average molecular weight is 801 g/mol. The van der Waals surface area contributed by atoms with Crippen molar-refractivity contribution in [2.45, 2.75) is 23.9 Å². The number of hydrogen-bond acceptors (Lipinski definition) is 5. The molecule has 0 saturated carbocycles. The first-order valence-electron chi connectivity index (χ1n) is 21.6. The highest BCUT2D eigenvalue weighted by Crippen LogP contribution is 2.61. The van der Waals surface area contributed by atoms with Crippen molar-refractivity contribution in [3.05, 3.63) is 257 Å². The molecule has 3 unspecified atom stereocenters. The minimum absolute atomic E-state index is 0.0419. The molecule has 0 bridgehead atoms. The number of para-hydroxylation sites is 2. The van der Waals surface area contributed by atoms with Crippen molar-refractivity contribution < 1.29 is 4.74 Å². The van der Waals surface area contributed by atoms with Crippen LogP contribution in [0.1, 0.15) is 57.4 Å². The molecule has 3 heterocycles. The lowest BCUT2D eigenvalue weighted by Gasteiger charge is -2.41. The Morgan fingerprint density at radius 2 is 0.871 bits per heavy atom. The molecule has 8 aromatic rings. The van der Waals surface area contributed by atoms with Gasteiger partial charge in [0.15, 0.2) is 0 Å². The van der Waals surface area contributed by atoms with Gasteiger partial charge in [0.1, 0.15) is 11.5 Å². The standard InChI is InChI=1S/C57H44N4O/c1-3-13-37(14-4-1)38-24-28-41(29-25-38)55-59-54(40-15-5-2-6-16-40)60-56(61-55)42-30-26-39(27-31-42)43-17-11-18-44(35-43)45-32-33-46-47-19-12-34-58-53(47)57(50(46)36-45)48-20-7-9-22-51(48)62-52-23-10-8-21-49(52)57/h1-33,35-36,54-56,58-61H,34H2. The molecule has 3 aliphatic heterocycles. The van der Waals surface area contributed by atoms with Gasteiger partial charge in [0.05, 0.1) is 23.9 Å². The topological polar surface area (TPSA) is 57.4 Å². The molecule has 1 aliphatic carbocycles. The third kappa shape index (κ3) is 6.05. The lowest BCUT2D eigenvalue weighted by Crippen LogP contribution is -2.54. The van der Waals surface area contributed by atoms with Crippen LogP contribution in [-0.4, -0.2) is 6.54 Å². The minimum atomic E-state index is -0.523. The van der Waals surface area contributed by atoms with Crippen molar-refractivity contribution in [3.8, 4) is 44.9 Å². The van der Waals surface area contributed by atoms with Crippen LogP contribution in [0.2, 0.25) is 0 Å². The van der Waals surface area contributed by atoms with Gasteiger partial charge in [-0.3, -0.25) is 16.0 Å². The van der Waals surface area contributed by atoms with Gasteiger partial charge >= 0.3 is 0 Å². The fraction of sp³-hybridized carbons (Fsp3) is 0.0877. The molecule has 0 aromatic heterocycles. The Hall–Kier alpha value is -7.28. The van der Waals surface area contributed by atoms with E-state index in [0.29, 0.717) is 0 Å². The van der Waals surface area contributed by atoms with E-state index in [2.05, 4.69) is 234 Å². The van der Waals surface area contributed by atoms with E-state index in [1.165, 1.54) is 83.6 Å². The van der Waals surface area contributed by atoms with Gasteiger partial charge in [0, 0.05) is 28.9 Å². The first-order chi connectivity index (χ1) is 30.7. The van der Waals surface area contributed by atoms with Gasteiger partial charge in [-0.25, -0.2) is 0 Å². The third-order valence-corrected chi connectivity index (χ3v) is 13.1. The van der Waals surface area contributed by atoms with Crippen LogP contribution >= 0.6 is 0 Å². The SMILES string of the molecule is C1=CC2=C(NC1)C1(c3ccccc3Oc3ccccc31)c1cc(-c3cccc(-c4ccc(C5NC(c6ccccc6)NC(c6ccc(-c7ccccc7)cc6)N5)cc4)c3)ccc12. The van der Waals surface area contributed by atoms with Gasteiger partial charge in [-0.1, -0.05) is 188 Å². The molecule has 4 N–H and O–H groups in total. The summed E-state index contributed by atoms with van der Waals surface area (Å²) in [6.07, 6.45) is 4.34. The third-order valence-electron chi connectivity index (χ3n) is 13.1. The maximum Gasteiger partial charge on any atom is 0.132 e. The van der Waals surface area contributed by atoms with Crippen LogP contribution in [0.5, 0.6) is 11.5 Å². The Balaban J connectivity index is 0.868. The molecule has 0 radical (unpaired) electrons. The predicted octanol–water partition coefficient (Wildman–Crippen LogP) is 12.2. The quantitative estimate of drug-likeness (QED) is 0.135. The summed E-state index contributed by atoms with van der Waals surface area (Å²) < 4.78 is 6.57. The van der Waals surface area contributed by atoms with E-state index < -0.39 is 5.41 Å². The van der Waals surface area contributed by atoms with E-state index in [1.807, 2.05) is 0 Å². The lowest BCUT2D eigenvalue weighted by atomic mass is 9.67. The average Bonchev–Trinajstić information content (AvgIpc) is 3.64. The minimum Gasteiger partial charge on any atom is -0.457 e. The fourth-order valence-corrected chi connectivity index (χ4v) is 10.1. The van der Waals surface area contributed by atoms with E-state index >= 15 is 0 Å². The smallest absolute Gasteiger partial charge is 0.132 e. The molecule has 3 atom stereocenters. The van der Waals surface area contributed by atoms with Crippen molar-refractivity contribution in [3.63, 3.8) is 0 Å². The predicted molar refractivity (Wildman–Crippen MR) is 250 cm³/mol. The molecule has 62 heavy (non-hydrogen) atoms. The lowest BCUT2D eigenvalue weighted by molar-refractivity contribution is 0.203. The molecular weight excluding hydrogens is 757 g/mol. The number of dihydropyridines is 1. The van der Waals surface area contributed by atoms with Crippen molar-refractivity contribution in [1.82, 2.24) is 21.3 Å². The van der Waals surface area contributed by atoms with Gasteiger partial charge in [-0.15, -0.1) is 0 Å². The number of hydrogen-bond donors (Lipinski definition) is 4. The Bertz CT molecular complexity index is 2980. The van der Waals surface area contributed by atoms with E-state index in [1.54, 1.807) is 0 Å². The normalized spacial score (nSPS) is 19.1. The van der Waals surface area contributed by atoms with Crippen LogP contribution < -0.4 is 26.0 Å². The second-order valence-corrected chi connectivity index (χ2v) is 16.6. The van der Waals surface area contributed by atoms with E-state index in [0.717, 1.165) is 18.0 Å². The summed E-state index contributed by atoms with van der Waals surface area (Å²) in [5.41, 5.74) is 17.5. The van der Waals surface area contributed by atoms with Crippen LogP contribution in [0.3, 0.4) is 0 Å². The van der Waals surface area contributed by atoms with Crippen molar-refractivity contribution in [2.24, 2.45) is 0 Å². The fourth-order valence-electron chi connectivity index (χ4n) is 10.1. The highest BCUT2D eigenvalue weighted by Gasteiger charge is 2.52. The van der Waals surface area contributed by atoms with E-state index in [-0.39, 0.29) is 18.5 Å². The number of benzene rings is 8. The zero-order chi connectivity index (χ0) is 41.0. The van der Waals surface area contributed by atoms with Crippen molar-refractivity contribution in [1.29, 1.82) is 0 Å². The van der Waals surface area contributed by atoms with Crippen molar-refractivity contribution >= 4 is 5.57 Å². The molecule has 0 amide bonds. The molecule has 1 saturated heterocycles. The highest BCUT2D eigenvalue weighted by molar-refractivity contribution is 5.93. The summed E-state index contributed by atoms with van der Waals surface area (Å²) in [5, 5.41) is 15.4. The molecule has 12 rings (SSSR count). The van der Waals surface area contributed by atoms with Gasteiger partial charge in [-0.05, 0) is 85.5 Å². The highest BCUT2D eigenvalue weighted by atomic mass is 16.5. The van der Waals surface area contributed by atoms with E-state index in [9.17, 15) is 0 Å². The van der Waals surface area contributed by atoms with Crippen LogP contribution in [0.15, 0.2) is 218 Å². The van der Waals surface area contributed by atoms with E-state index in [4.69, 9.17) is 4.74 Å². The summed E-state index contributed by atoms with van der Waals surface area (Å²) in [6.45, 7) is 0.786. The monoisotopic (exact) mass is 800 g/mol. The summed E-state index contributed by atoms with van der Waals surface area (Å²) in [7, 11) is 0. The second-order valence-electron chi connectivity index (χ2n) is 16.6. The Morgan fingerprint density at radius 3 is 1.50 bits per heavy atom. The molecule has 8 aromatic carbocycles. The van der Waals surface area contributed by atoms with Crippen molar-refractivity contribution in [2.75, 3.05) is 6.54 Å². The summed E-state index contributed by atoms with van der Waals surface area (Å²) >= 11 is 0. The number of nitrogens with one attached hydrogen (secondary N) is 4. The van der Waals surface area contributed by atoms with Crippen LogP contribution in [0, 0.1) is 0 Å². The van der Waals surface area contributed by atoms with Crippen LogP contribution in [-0.2, 0) is 5.41 Å². The number of ether oxygens (including phenoxy) is 1. The molecule has 4 aliphatic rings. The van der Waals surface area contributed by atoms with Gasteiger partial charge in [0.2, 0.25) is 0 Å². The number of rotatable bonds is 6. The molecule has 1 spiro atoms.